The van der Waals surface area contributed by atoms with Crippen molar-refractivity contribution >= 4 is 17.9 Å². The van der Waals surface area contributed by atoms with Gasteiger partial charge in [-0.3, -0.25) is 14.4 Å². The zero-order valence-corrected chi connectivity index (χ0v) is 52.6. The van der Waals surface area contributed by atoms with Gasteiger partial charge in [0.05, 0.1) is 0 Å². The lowest BCUT2D eigenvalue weighted by Gasteiger charge is -2.18. The van der Waals surface area contributed by atoms with Crippen LogP contribution in [0.2, 0.25) is 0 Å². The van der Waals surface area contributed by atoms with Crippen LogP contribution in [0.4, 0.5) is 0 Å². The summed E-state index contributed by atoms with van der Waals surface area (Å²) in [6, 6.07) is 0. The molecule has 458 valence electrons. The summed E-state index contributed by atoms with van der Waals surface area (Å²) in [5.74, 6) is -0.911. The van der Waals surface area contributed by atoms with Crippen LogP contribution in [0.3, 0.4) is 0 Å². The number of carbonyl (C=O) groups excluding carboxylic acids is 3. The van der Waals surface area contributed by atoms with E-state index in [2.05, 4.69) is 130 Å². The molecule has 6 heteroatoms. The van der Waals surface area contributed by atoms with Crippen molar-refractivity contribution in [3.63, 3.8) is 0 Å². The summed E-state index contributed by atoms with van der Waals surface area (Å²) >= 11 is 0. The fraction of sp³-hybridized carbons (Fsp3) is 0.716. The second-order valence-electron chi connectivity index (χ2n) is 22.3. The van der Waals surface area contributed by atoms with Crippen molar-refractivity contribution in [3.05, 3.63) is 109 Å². The van der Waals surface area contributed by atoms with Crippen LogP contribution in [-0.2, 0) is 28.6 Å². The Morgan fingerprint density at radius 1 is 0.263 bits per heavy atom. The highest BCUT2D eigenvalue weighted by molar-refractivity contribution is 5.71. The average Bonchev–Trinajstić information content (AvgIpc) is 3.46. The number of carbonyl (C=O) groups is 3. The maximum absolute atomic E-state index is 13.0. The molecule has 0 aliphatic carbocycles. The van der Waals surface area contributed by atoms with Crippen molar-refractivity contribution in [2.24, 2.45) is 0 Å². The van der Waals surface area contributed by atoms with E-state index in [1.54, 1.807) is 0 Å². The van der Waals surface area contributed by atoms with E-state index in [4.69, 9.17) is 14.2 Å². The van der Waals surface area contributed by atoms with Crippen LogP contribution in [-0.4, -0.2) is 37.2 Å². The summed E-state index contributed by atoms with van der Waals surface area (Å²) in [5.41, 5.74) is 0. The van der Waals surface area contributed by atoms with Crippen LogP contribution < -0.4 is 0 Å². The summed E-state index contributed by atoms with van der Waals surface area (Å²) in [4.78, 5) is 38.4. The highest BCUT2D eigenvalue weighted by Gasteiger charge is 2.19. The Morgan fingerprint density at radius 2 is 0.487 bits per heavy atom. The molecule has 0 aliphatic rings. The van der Waals surface area contributed by atoms with Gasteiger partial charge in [0.15, 0.2) is 6.10 Å². The van der Waals surface area contributed by atoms with E-state index in [0.29, 0.717) is 19.3 Å². The molecule has 0 rings (SSSR count). The van der Waals surface area contributed by atoms with Gasteiger partial charge < -0.3 is 14.2 Å². The molecular weight excluding hydrogens is 985 g/mol. The molecule has 0 aliphatic heterocycles. The van der Waals surface area contributed by atoms with E-state index < -0.39 is 6.10 Å². The quantitative estimate of drug-likeness (QED) is 0.0261. The molecule has 0 aromatic rings. The number of ether oxygens (including phenoxy) is 3. The van der Waals surface area contributed by atoms with Gasteiger partial charge in [0.2, 0.25) is 0 Å². The number of rotatable bonds is 61. The zero-order valence-electron chi connectivity index (χ0n) is 52.6. The van der Waals surface area contributed by atoms with Crippen molar-refractivity contribution in [1.29, 1.82) is 0 Å². The minimum atomic E-state index is -0.796. The molecule has 0 amide bonds. The highest BCUT2D eigenvalue weighted by atomic mass is 16.6. The molecule has 0 N–H and O–H groups in total. The van der Waals surface area contributed by atoms with Crippen LogP contribution in [0.5, 0.6) is 0 Å². The standard InChI is InChI=1S/C74H126O6/c1-4-7-10-13-16-19-22-25-28-31-33-35-37-39-40-43-46-49-52-55-58-61-64-67-73(76)79-70-71(69-78-72(75)66-63-60-57-54-51-48-45-42-30-27-24-21-18-15-12-9-6-3)80-74(77)68-65-62-59-56-53-50-47-44-41-38-36-34-32-29-26-23-20-17-14-11-8-5-2/h7,9-10,12,16,18-19,21,25,27-28,30,33,35,39-40,45,48,71H,4-6,8,11,13-15,17,20,22-24,26,29,31-32,34,36-38,41-44,46-47,49-70H2,1-3H3/b10-7-,12-9-,19-16-,21-18-,28-25-,30-27-,35-33-,40-39-,48-45-. The third kappa shape index (κ3) is 64.9. The first kappa shape index (κ1) is 76.1. The molecule has 1 unspecified atom stereocenters. The van der Waals surface area contributed by atoms with Crippen molar-refractivity contribution in [2.75, 3.05) is 13.2 Å². The highest BCUT2D eigenvalue weighted by Crippen LogP contribution is 2.17. The molecule has 0 spiro atoms. The lowest BCUT2D eigenvalue weighted by Crippen LogP contribution is -2.30. The Morgan fingerprint density at radius 3 is 0.762 bits per heavy atom. The van der Waals surface area contributed by atoms with Crippen LogP contribution >= 0.6 is 0 Å². The fourth-order valence-electron chi connectivity index (χ4n) is 9.52. The Kier molecular flexibility index (Phi) is 64.3. The normalized spacial score (nSPS) is 12.8. The summed E-state index contributed by atoms with van der Waals surface area (Å²) in [6.45, 7) is 6.42. The first-order valence-electron chi connectivity index (χ1n) is 33.9. The number of hydrogen-bond acceptors (Lipinski definition) is 6. The van der Waals surface area contributed by atoms with Crippen molar-refractivity contribution in [1.82, 2.24) is 0 Å². The molecule has 0 saturated heterocycles. The molecule has 0 heterocycles. The molecule has 0 aromatic carbocycles. The number of esters is 3. The van der Waals surface area contributed by atoms with Gasteiger partial charge in [-0.2, -0.15) is 0 Å². The molecule has 0 fully saturated rings. The lowest BCUT2D eigenvalue weighted by molar-refractivity contribution is -0.167. The van der Waals surface area contributed by atoms with Crippen molar-refractivity contribution in [3.8, 4) is 0 Å². The SMILES string of the molecule is CC/C=C\C/C=C\C/C=C\C/C=C\C/C=C\CCCCCCCCCC(=O)OCC(COC(=O)CCCCCC/C=C\C/C=C\C/C=C\C/C=C\CC)OC(=O)CCCCCCCCCCCCCCCCCCCCCCCC. The van der Waals surface area contributed by atoms with E-state index in [0.717, 1.165) is 135 Å². The topological polar surface area (TPSA) is 78.9 Å². The van der Waals surface area contributed by atoms with E-state index in [1.165, 1.54) is 148 Å². The Labute approximate surface area is 495 Å². The fourth-order valence-corrected chi connectivity index (χ4v) is 9.52. The predicted octanol–water partition coefficient (Wildman–Crippen LogP) is 23.4. The van der Waals surface area contributed by atoms with Crippen LogP contribution in [0.1, 0.15) is 323 Å². The second kappa shape index (κ2) is 67.6. The third-order valence-electron chi connectivity index (χ3n) is 14.5. The average molecular weight is 1110 g/mol. The summed E-state index contributed by atoms with van der Waals surface area (Å²) < 4.78 is 17.0. The maximum atomic E-state index is 13.0. The minimum Gasteiger partial charge on any atom is -0.462 e. The molecule has 80 heavy (non-hydrogen) atoms. The smallest absolute Gasteiger partial charge is 0.306 e. The number of allylic oxidation sites excluding steroid dienone is 18. The third-order valence-corrected chi connectivity index (χ3v) is 14.5. The van der Waals surface area contributed by atoms with Crippen LogP contribution in [0, 0.1) is 0 Å². The second-order valence-corrected chi connectivity index (χ2v) is 22.3. The molecule has 0 bridgehead atoms. The summed E-state index contributed by atoms with van der Waals surface area (Å²) in [6.07, 6.45) is 92.4. The maximum Gasteiger partial charge on any atom is 0.306 e. The van der Waals surface area contributed by atoms with Gasteiger partial charge in [-0.25, -0.2) is 0 Å². The van der Waals surface area contributed by atoms with E-state index in [1.807, 2.05) is 0 Å². The Hall–Kier alpha value is -3.93. The molecular formula is C74H126O6. The predicted molar refractivity (Wildman–Crippen MR) is 348 cm³/mol. The lowest BCUT2D eigenvalue weighted by atomic mass is 10.0. The molecule has 1 atom stereocenters. The van der Waals surface area contributed by atoms with Gasteiger partial charge in [-0.05, 0) is 103 Å². The zero-order chi connectivity index (χ0) is 57.8. The van der Waals surface area contributed by atoms with Crippen molar-refractivity contribution in [2.45, 2.75) is 329 Å². The van der Waals surface area contributed by atoms with Gasteiger partial charge in [0.1, 0.15) is 13.2 Å². The minimum absolute atomic E-state index is 0.0909. The van der Waals surface area contributed by atoms with Crippen LogP contribution in [0.25, 0.3) is 0 Å². The first-order chi connectivity index (χ1) is 39.5. The number of hydrogen-bond donors (Lipinski definition) is 0. The van der Waals surface area contributed by atoms with E-state index in [-0.39, 0.29) is 31.1 Å². The summed E-state index contributed by atoms with van der Waals surface area (Å²) in [5, 5.41) is 0. The van der Waals surface area contributed by atoms with Gasteiger partial charge in [-0.1, -0.05) is 310 Å². The van der Waals surface area contributed by atoms with Gasteiger partial charge >= 0.3 is 17.9 Å². The van der Waals surface area contributed by atoms with Gasteiger partial charge in [-0.15, -0.1) is 0 Å². The van der Waals surface area contributed by atoms with E-state index in [9.17, 15) is 14.4 Å². The van der Waals surface area contributed by atoms with Crippen LogP contribution in [0.15, 0.2) is 109 Å². The molecule has 0 saturated carbocycles. The van der Waals surface area contributed by atoms with Gasteiger partial charge in [0, 0.05) is 19.3 Å². The number of unbranched alkanes of at least 4 members (excludes halogenated alkanes) is 32. The van der Waals surface area contributed by atoms with E-state index >= 15 is 0 Å². The molecule has 0 radical (unpaired) electrons. The largest absolute Gasteiger partial charge is 0.462 e. The summed E-state index contributed by atoms with van der Waals surface area (Å²) in [7, 11) is 0. The molecule has 0 aromatic heterocycles. The molecule has 6 nitrogen and oxygen atoms in total. The Balaban J connectivity index is 4.41. The van der Waals surface area contributed by atoms with Gasteiger partial charge in [0.25, 0.3) is 0 Å². The first-order valence-corrected chi connectivity index (χ1v) is 33.9. The van der Waals surface area contributed by atoms with Crippen molar-refractivity contribution < 1.29 is 28.6 Å². The Bertz CT molecular complexity index is 1610. The monoisotopic (exact) mass is 1110 g/mol.